The second-order valence-corrected chi connectivity index (χ2v) is 2.89. The van der Waals surface area contributed by atoms with Crippen LogP contribution in [0.4, 0.5) is 10.1 Å². The Morgan fingerprint density at radius 1 is 1.50 bits per heavy atom. The van der Waals surface area contributed by atoms with Gasteiger partial charge in [0.25, 0.3) is 0 Å². The van der Waals surface area contributed by atoms with Crippen molar-refractivity contribution in [2.24, 2.45) is 0 Å². The van der Waals surface area contributed by atoms with Crippen LogP contribution in [0.15, 0.2) is 18.2 Å². The van der Waals surface area contributed by atoms with E-state index in [1.807, 2.05) is 0 Å². The molecule has 0 saturated heterocycles. The Morgan fingerprint density at radius 3 is 2.64 bits per heavy atom. The van der Waals surface area contributed by atoms with E-state index in [0.717, 1.165) is 0 Å². The first-order chi connectivity index (χ1) is 6.56. The molecule has 0 N–H and O–H groups in total. The third-order valence-corrected chi connectivity index (χ3v) is 1.97. The largest absolute Gasteiger partial charge is 0.495 e. The van der Waals surface area contributed by atoms with Gasteiger partial charge in [0, 0.05) is 20.0 Å². The molecule has 0 bridgehead atoms. The summed E-state index contributed by atoms with van der Waals surface area (Å²) < 4.78 is 17.9. The van der Waals surface area contributed by atoms with Crippen molar-refractivity contribution in [1.29, 1.82) is 0 Å². The molecule has 1 rings (SSSR count). The van der Waals surface area contributed by atoms with E-state index in [1.54, 1.807) is 7.05 Å². The maximum Gasteiger partial charge on any atom is 0.223 e. The number of ether oxygens (including phenoxy) is 1. The summed E-state index contributed by atoms with van der Waals surface area (Å²) in [7, 11) is 3.05. The van der Waals surface area contributed by atoms with E-state index in [9.17, 15) is 9.18 Å². The van der Waals surface area contributed by atoms with Gasteiger partial charge in [0.2, 0.25) is 5.91 Å². The minimum absolute atomic E-state index is 0.172. The summed E-state index contributed by atoms with van der Waals surface area (Å²) in [5.74, 6) is -0.0908. The summed E-state index contributed by atoms with van der Waals surface area (Å²) in [6.07, 6.45) is 0. The lowest BCUT2D eigenvalue weighted by molar-refractivity contribution is -0.116. The first-order valence-electron chi connectivity index (χ1n) is 4.14. The van der Waals surface area contributed by atoms with Crippen LogP contribution in [0.1, 0.15) is 6.92 Å². The molecule has 0 heterocycles. The molecule has 0 atom stereocenters. The van der Waals surface area contributed by atoms with Crippen LogP contribution in [0.3, 0.4) is 0 Å². The van der Waals surface area contributed by atoms with Crippen LogP contribution in [-0.4, -0.2) is 20.1 Å². The molecule has 0 aromatic heterocycles. The predicted molar refractivity (Wildman–Crippen MR) is 52.0 cm³/mol. The summed E-state index contributed by atoms with van der Waals surface area (Å²) >= 11 is 0. The lowest BCUT2D eigenvalue weighted by atomic mass is 10.2. The van der Waals surface area contributed by atoms with E-state index in [4.69, 9.17) is 4.74 Å². The number of nitrogens with zero attached hydrogens (tertiary/aromatic N) is 1. The highest BCUT2D eigenvalue weighted by atomic mass is 19.1. The molecule has 14 heavy (non-hydrogen) atoms. The normalized spacial score (nSPS) is 9.71. The molecule has 0 aliphatic heterocycles. The van der Waals surface area contributed by atoms with Gasteiger partial charge in [-0.2, -0.15) is 0 Å². The van der Waals surface area contributed by atoms with Gasteiger partial charge in [-0.15, -0.1) is 0 Å². The van der Waals surface area contributed by atoms with Gasteiger partial charge in [-0.25, -0.2) is 4.39 Å². The number of anilines is 1. The predicted octanol–water partition coefficient (Wildman–Crippen LogP) is 1.82. The summed E-state index contributed by atoms with van der Waals surface area (Å²) in [6, 6.07) is 4.04. The molecule has 0 saturated carbocycles. The molecule has 0 fully saturated rings. The van der Waals surface area contributed by atoms with Crippen LogP contribution in [0.25, 0.3) is 0 Å². The van der Waals surface area contributed by atoms with E-state index in [0.29, 0.717) is 11.4 Å². The van der Waals surface area contributed by atoms with Crippen LogP contribution in [0.2, 0.25) is 0 Å². The van der Waals surface area contributed by atoms with Crippen molar-refractivity contribution in [2.75, 3.05) is 19.1 Å². The highest BCUT2D eigenvalue weighted by molar-refractivity contribution is 5.92. The van der Waals surface area contributed by atoms with Crippen molar-refractivity contribution in [3.05, 3.63) is 24.0 Å². The lowest BCUT2D eigenvalue weighted by Crippen LogP contribution is -2.23. The van der Waals surface area contributed by atoms with Crippen molar-refractivity contribution in [3.63, 3.8) is 0 Å². The number of methoxy groups -OCH3 is 1. The molecule has 1 amide bonds. The number of benzene rings is 1. The fourth-order valence-corrected chi connectivity index (χ4v) is 1.09. The third kappa shape index (κ3) is 2.02. The second-order valence-electron chi connectivity index (χ2n) is 2.89. The number of carbonyl (C=O) groups excluding carboxylic acids is 1. The number of carbonyl (C=O) groups is 1. The molecule has 0 aliphatic carbocycles. The molecule has 0 radical (unpaired) electrons. The highest BCUT2D eigenvalue weighted by Gasteiger charge is 2.12. The average molecular weight is 197 g/mol. The van der Waals surface area contributed by atoms with E-state index in [-0.39, 0.29) is 5.91 Å². The van der Waals surface area contributed by atoms with Crippen LogP contribution in [0, 0.1) is 5.82 Å². The Bertz CT molecular complexity index is 352. The molecule has 76 valence electrons. The van der Waals surface area contributed by atoms with Crippen LogP contribution in [0.5, 0.6) is 5.75 Å². The maximum atomic E-state index is 12.9. The van der Waals surface area contributed by atoms with Crippen LogP contribution < -0.4 is 9.64 Å². The summed E-state index contributed by atoms with van der Waals surface area (Å²) in [5, 5.41) is 0. The molecule has 1 aromatic carbocycles. The van der Waals surface area contributed by atoms with E-state index in [2.05, 4.69) is 0 Å². The van der Waals surface area contributed by atoms with Crippen LogP contribution >= 0.6 is 0 Å². The molecule has 4 heteroatoms. The molecule has 1 aromatic rings. The standard InChI is InChI=1S/C10H12FNO2/c1-7(13)12(2)9-6-8(11)4-5-10(9)14-3/h4-6H,1-3H3. The van der Waals surface area contributed by atoms with Gasteiger partial charge in [-0.3, -0.25) is 4.79 Å². The number of amides is 1. The molecule has 3 nitrogen and oxygen atoms in total. The SMILES string of the molecule is COc1ccc(F)cc1N(C)C(C)=O. The summed E-state index contributed by atoms with van der Waals surface area (Å²) in [5.41, 5.74) is 0.431. The Kier molecular flexibility index (Phi) is 3.06. The number of hydrogen-bond acceptors (Lipinski definition) is 2. The smallest absolute Gasteiger partial charge is 0.223 e. The molecule has 0 aliphatic rings. The van der Waals surface area contributed by atoms with Gasteiger partial charge in [0.15, 0.2) is 0 Å². The first kappa shape index (κ1) is 10.5. The molecule has 0 unspecified atom stereocenters. The minimum atomic E-state index is -0.395. The number of rotatable bonds is 2. The van der Waals surface area contributed by atoms with Gasteiger partial charge in [-0.1, -0.05) is 0 Å². The summed E-state index contributed by atoms with van der Waals surface area (Å²) in [6.45, 7) is 1.41. The van der Waals surface area contributed by atoms with Crippen molar-refractivity contribution < 1.29 is 13.9 Å². The fraction of sp³-hybridized carbons (Fsp3) is 0.300. The summed E-state index contributed by atoms with van der Waals surface area (Å²) in [4.78, 5) is 12.4. The zero-order chi connectivity index (χ0) is 10.7. The number of halogens is 1. The Hall–Kier alpha value is -1.58. The molecular weight excluding hydrogens is 185 g/mol. The topological polar surface area (TPSA) is 29.5 Å². The average Bonchev–Trinajstić information content (AvgIpc) is 2.16. The monoisotopic (exact) mass is 197 g/mol. The van der Waals surface area contributed by atoms with Crippen LogP contribution in [-0.2, 0) is 4.79 Å². The number of hydrogen-bond donors (Lipinski definition) is 0. The molecular formula is C10H12FNO2. The highest BCUT2D eigenvalue weighted by Crippen LogP contribution is 2.27. The van der Waals surface area contributed by atoms with Gasteiger partial charge in [-0.05, 0) is 12.1 Å². The third-order valence-electron chi connectivity index (χ3n) is 1.97. The van der Waals surface area contributed by atoms with E-state index in [1.165, 1.54) is 37.1 Å². The van der Waals surface area contributed by atoms with Gasteiger partial charge in [0.05, 0.1) is 12.8 Å². The minimum Gasteiger partial charge on any atom is -0.495 e. The van der Waals surface area contributed by atoms with Crippen molar-refractivity contribution in [1.82, 2.24) is 0 Å². The first-order valence-corrected chi connectivity index (χ1v) is 4.14. The Labute approximate surface area is 82.1 Å². The zero-order valence-electron chi connectivity index (χ0n) is 8.37. The lowest BCUT2D eigenvalue weighted by Gasteiger charge is -2.17. The Balaban J connectivity index is 3.16. The quantitative estimate of drug-likeness (QED) is 0.723. The maximum absolute atomic E-state index is 12.9. The van der Waals surface area contributed by atoms with Crippen molar-refractivity contribution in [3.8, 4) is 5.75 Å². The Morgan fingerprint density at radius 2 is 2.14 bits per heavy atom. The van der Waals surface area contributed by atoms with Gasteiger partial charge >= 0.3 is 0 Å². The fourth-order valence-electron chi connectivity index (χ4n) is 1.09. The second kappa shape index (κ2) is 4.09. The van der Waals surface area contributed by atoms with Crippen molar-refractivity contribution in [2.45, 2.75) is 6.92 Å². The molecule has 0 spiro atoms. The van der Waals surface area contributed by atoms with Crippen molar-refractivity contribution >= 4 is 11.6 Å². The van der Waals surface area contributed by atoms with Gasteiger partial charge < -0.3 is 9.64 Å². The van der Waals surface area contributed by atoms with Gasteiger partial charge in [0.1, 0.15) is 11.6 Å². The van der Waals surface area contributed by atoms with E-state index >= 15 is 0 Å². The zero-order valence-corrected chi connectivity index (χ0v) is 8.37. The van der Waals surface area contributed by atoms with E-state index < -0.39 is 5.82 Å².